The van der Waals surface area contributed by atoms with Crippen LogP contribution in [0.1, 0.15) is 36.5 Å². The Labute approximate surface area is 159 Å². The van der Waals surface area contributed by atoms with Gasteiger partial charge in [-0.05, 0) is 62.1 Å². The van der Waals surface area contributed by atoms with Gasteiger partial charge in [0.1, 0.15) is 0 Å². The van der Waals surface area contributed by atoms with Gasteiger partial charge in [-0.25, -0.2) is 0 Å². The quantitative estimate of drug-likeness (QED) is 0.634. The number of nitrogens with zero attached hydrogens (tertiary/aromatic N) is 2. The van der Waals surface area contributed by atoms with Crippen LogP contribution < -0.4 is 9.73 Å². The number of carbonyl (C=O) groups excluding carboxylic acids is 1. The van der Waals surface area contributed by atoms with Gasteiger partial charge < -0.3 is 4.90 Å². The summed E-state index contributed by atoms with van der Waals surface area (Å²) in [6.07, 6.45) is 1.42. The first-order valence-electron chi connectivity index (χ1n) is 8.82. The highest BCUT2D eigenvalue weighted by molar-refractivity contribution is 7.89. The minimum absolute atomic E-state index is 0.109. The first-order valence-corrected chi connectivity index (χ1v) is 10.3. The minimum Gasteiger partial charge on any atom is -0.312 e. The van der Waals surface area contributed by atoms with E-state index in [1.54, 1.807) is 30.9 Å². The number of benzene rings is 2. The van der Waals surface area contributed by atoms with Crippen LogP contribution in [-0.4, -0.2) is 26.6 Å². The fraction of sp³-hybridized carbons (Fsp3) is 0.300. The number of nitrogens with one attached hydrogen (secondary N) is 1. The van der Waals surface area contributed by atoms with Gasteiger partial charge in [0.05, 0.1) is 10.6 Å². The molecule has 3 rings (SSSR count). The Kier molecular flexibility index (Phi) is 5.32. The Bertz CT molecular complexity index is 1010. The average molecular weight is 385 g/mol. The minimum atomic E-state index is -3.75. The third-order valence-electron chi connectivity index (χ3n) is 4.62. The second-order valence-electron chi connectivity index (χ2n) is 6.76. The van der Waals surface area contributed by atoms with Gasteiger partial charge in [0.15, 0.2) is 0 Å². The predicted octanol–water partition coefficient (Wildman–Crippen LogP) is 3.13. The summed E-state index contributed by atoms with van der Waals surface area (Å²) in [5.74, 6) is 0.109. The van der Waals surface area contributed by atoms with Gasteiger partial charge in [-0.2, -0.15) is 18.4 Å². The zero-order valence-corrected chi connectivity index (χ0v) is 16.5. The molecule has 7 heteroatoms. The first-order chi connectivity index (χ1) is 12.8. The number of amides is 1. The molecule has 0 aromatic heterocycles. The standard InChI is InChI=1S/C20H23N3O3S/c1-14-9-10-15(2)19(12-14)27(25,26)22-21-16(3)17-6-4-7-18(13-17)23-11-5-8-20(23)24/h4,6-7,9-10,12-13,22H,5,8,11H2,1-3H3/b21-16-. The summed E-state index contributed by atoms with van der Waals surface area (Å²) < 4.78 is 25.2. The molecule has 0 unspecified atom stereocenters. The number of hydrogen-bond acceptors (Lipinski definition) is 4. The number of aryl methyl sites for hydroxylation is 2. The lowest BCUT2D eigenvalue weighted by molar-refractivity contribution is -0.117. The van der Waals surface area contributed by atoms with E-state index in [0.717, 1.165) is 23.2 Å². The molecule has 0 aliphatic carbocycles. The largest absolute Gasteiger partial charge is 0.312 e. The van der Waals surface area contributed by atoms with Gasteiger partial charge in [0.25, 0.3) is 10.0 Å². The van der Waals surface area contributed by atoms with E-state index < -0.39 is 10.0 Å². The molecule has 142 valence electrons. The fourth-order valence-electron chi connectivity index (χ4n) is 3.06. The SMILES string of the molecule is C/C(=N/NS(=O)(=O)c1cc(C)ccc1C)c1cccc(N2CCCC2=O)c1. The van der Waals surface area contributed by atoms with E-state index in [1.165, 1.54) is 0 Å². The highest BCUT2D eigenvalue weighted by atomic mass is 32.2. The summed E-state index contributed by atoms with van der Waals surface area (Å²) in [5, 5.41) is 4.08. The van der Waals surface area contributed by atoms with Gasteiger partial charge in [0.2, 0.25) is 5.91 Å². The van der Waals surface area contributed by atoms with E-state index in [1.807, 2.05) is 37.3 Å². The summed E-state index contributed by atoms with van der Waals surface area (Å²) >= 11 is 0. The lowest BCUT2D eigenvalue weighted by Crippen LogP contribution is -2.24. The summed E-state index contributed by atoms with van der Waals surface area (Å²) in [6.45, 7) is 6.04. The van der Waals surface area contributed by atoms with Crippen LogP contribution in [0, 0.1) is 13.8 Å². The average Bonchev–Trinajstić information content (AvgIpc) is 3.08. The molecule has 0 radical (unpaired) electrons. The molecule has 0 bridgehead atoms. The summed E-state index contributed by atoms with van der Waals surface area (Å²) in [7, 11) is -3.75. The molecule has 2 aromatic carbocycles. The molecule has 1 fully saturated rings. The molecule has 27 heavy (non-hydrogen) atoms. The maximum Gasteiger partial charge on any atom is 0.276 e. The van der Waals surface area contributed by atoms with Crippen molar-refractivity contribution in [1.29, 1.82) is 0 Å². The van der Waals surface area contributed by atoms with Crippen molar-refractivity contribution in [3.05, 3.63) is 59.2 Å². The monoisotopic (exact) mass is 385 g/mol. The molecule has 1 amide bonds. The predicted molar refractivity (Wildman–Crippen MR) is 106 cm³/mol. The number of anilines is 1. The van der Waals surface area contributed by atoms with E-state index in [4.69, 9.17) is 0 Å². The molecule has 0 saturated carbocycles. The van der Waals surface area contributed by atoms with E-state index in [-0.39, 0.29) is 10.8 Å². The smallest absolute Gasteiger partial charge is 0.276 e. The van der Waals surface area contributed by atoms with Crippen molar-refractivity contribution in [1.82, 2.24) is 4.83 Å². The summed E-state index contributed by atoms with van der Waals surface area (Å²) in [6, 6.07) is 12.7. The second kappa shape index (κ2) is 7.52. The van der Waals surface area contributed by atoms with Gasteiger partial charge in [-0.15, -0.1) is 0 Å². The molecular formula is C20H23N3O3S. The fourth-order valence-corrected chi connectivity index (χ4v) is 4.25. The normalized spacial score (nSPS) is 15.3. The first kappa shape index (κ1) is 19.1. The number of rotatable bonds is 5. The maximum absolute atomic E-state index is 12.6. The zero-order valence-electron chi connectivity index (χ0n) is 15.7. The van der Waals surface area contributed by atoms with E-state index >= 15 is 0 Å². The Hall–Kier alpha value is -2.67. The van der Waals surface area contributed by atoms with Crippen LogP contribution >= 0.6 is 0 Å². The molecule has 0 spiro atoms. The van der Waals surface area contributed by atoms with Crippen LogP contribution in [0.4, 0.5) is 5.69 Å². The number of hydrogen-bond donors (Lipinski definition) is 1. The molecule has 1 N–H and O–H groups in total. The van der Waals surface area contributed by atoms with Crippen LogP contribution in [0.25, 0.3) is 0 Å². The van der Waals surface area contributed by atoms with E-state index in [9.17, 15) is 13.2 Å². The lowest BCUT2D eigenvalue weighted by Gasteiger charge is -2.16. The lowest BCUT2D eigenvalue weighted by atomic mass is 10.1. The number of sulfonamides is 1. The van der Waals surface area contributed by atoms with E-state index in [2.05, 4.69) is 9.93 Å². The van der Waals surface area contributed by atoms with Gasteiger partial charge in [-0.3, -0.25) is 4.79 Å². The molecule has 6 nitrogen and oxygen atoms in total. The summed E-state index contributed by atoms with van der Waals surface area (Å²) in [5.41, 5.74) is 3.62. The van der Waals surface area contributed by atoms with Crippen LogP contribution in [0.5, 0.6) is 0 Å². The van der Waals surface area contributed by atoms with Crippen molar-refractivity contribution < 1.29 is 13.2 Å². The van der Waals surface area contributed by atoms with Gasteiger partial charge in [-0.1, -0.05) is 24.3 Å². The zero-order chi connectivity index (χ0) is 19.6. The highest BCUT2D eigenvalue weighted by Crippen LogP contribution is 2.22. The molecule has 1 aliphatic rings. The highest BCUT2D eigenvalue weighted by Gasteiger charge is 2.22. The van der Waals surface area contributed by atoms with Crippen LogP contribution in [0.3, 0.4) is 0 Å². The molecule has 0 atom stereocenters. The second-order valence-corrected chi connectivity index (χ2v) is 8.39. The summed E-state index contributed by atoms with van der Waals surface area (Å²) in [4.78, 5) is 16.2. The molecular weight excluding hydrogens is 362 g/mol. The maximum atomic E-state index is 12.6. The molecule has 1 aliphatic heterocycles. The van der Waals surface area contributed by atoms with Gasteiger partial charge in [0, 0.05) is 18.7 Å². The van der Waals surface area contributed by atoms with Crippen molar-refractivity contribution in [2.45, 2.75) is 38.5 Å². The Morgan fingerprint density at radius 3 is 2.63 bits per heavy atom. The van der Waals surface area contributed by atoms with Crippen LogP contribution in [0.2, 0.25) is 0 Å². The van der Waals surface area contributed by atoms with Crippen LogP contribution in [-0.2, 0) is 14.8 Å². The Morgan fingerprint density at radius 2 is 1.93 bits per heavy atom. The number of hydrazone groups is 1. The molecule has 2 aromatic rings. The van der Waals surface area contributed by atoms with Crippen molar-refractivity contribution in [2.24, 2.45) is 5.10 Å². The third-order valence-corrected chi connectivity index (χ3v) is 5.97. The van der Waals surface area contributed by atoms with Gasteiger partial charge >= 0.3 is 0 Å². The van der Waals surface area contributed by atoms with Crippen molar-refractivity contribution >= 4 is 27.3 Å². The van der Waals surface area contributed by atoms with Crippen molar-refractivity contribution in [3.63, 3.8) is 0 Å². The Morgan fingerprint density at radius 1 is 1.15 bits per heavy atom. The van der Waals surface area contributed by atoms with Crippen molar-refractivity contribution in [3.8, 4) is 0 Å². The number of carbonyl (C=O) groups is 1. The third kappa shape index (κ3) is 4.19. The molecule has 1 heterocycles. The molecule has 1 saturated heterocycles. The topological polar surface area (TPSA) is 78.8 Å². The van der Waals surface area contributed by atoms with Crippen molar-refractivity contribution in [2.75, 3.05) is 11.4 Å². The van der Waals surface area contributed by atoms with Crippen LogP contribution in [0.15, 0.2) is 52.5 Å². The Balaban J connectivity index is 1.83. The van der Waals surface area contributed by atoms with E-state index in [0.29, 0.717) is 24.2 Å².